The number of methoxy groups -OCH3 is 1. The molecule has 0 bridgehead atoms. The third kappa shape index (κ3) is 4.25. The molecule has 2 aromatic heterocycles. The fourth-order valence-corrected chi connectivity index (χ4v) is 3.03. The molecule has 0 saturated carbocycles. The molecule has 0 aliphatic rings. The zero-order chi connectivity index (χ0) is 15.9. The van der Waals surface area contributed by atoms with Gasteiger partial charge in [-0.3, -0.25) is 4.98 Å². The van der Waals surface area contributed by atoms with Gasteiger partial charge in [0.2, 0.25) is 0 Å². The van der Waals surface area contributed by atoms with Crippen LogP contribution in [-0.2, 0) is 17.7 Å². The van der Waals surface area contributed by atoms with E-state index in [2.05, 4.69) is 15.6 Å². The van der Waals surface area contributed by atoms with Crippen LogP contribution < -0.4 is 10.6 Å². The van der Waals surface area contributed by atoms with Gasteiger partial charge in [-0.2, -0.15) is 0 Å². The zero-order valence-corrected chi connectivity index (χ0v) is 14.0. The number of pyridine rings is 1. The van der Waals surface area contributed by atoms with Crippen molar-refractivity contribution in [2.45, 2.75) is 19.9 Å². The number of rotatable bonds is 5. The molecule has 2 heterocycles. The summed E-state index contributed by atoms with van der Waals surface area (Å²) in [6.45, 7) is 2.61. The van der Waals surface area contributed by atoms with Crippen molar-refractivity contribution in [3.8, 4) is 0 Å². The minimum absolute atomic E-state index is 0.367. The maximum absolute atomic E-state index is 11.8. The molecule has 0 aromatic carbocycles. The van der Waals surface area contributed by atoms with Gasteiger partial charge in [0.05, 0.1) is 12.7 Å². The van der Waals surface area contributed by atoms with Gasteiger partial charge in [-0.05, 0) is 36.3 Å². The standard InChI is InChI=1S/C15H17N3O2S2/c1-3-11-7-12(14(19)20-2)13(22-11)18-15(21)17-9-10-5-4-6-16-8-10/h4-8H,3,9H2,1-2H3,(H2,17,18,21). The van der Waals surface area contributed by atoms with Crippen molar-refractivity contribution < 1.29 is 9.53 Å². The van der Waals surface area contributed by atoms with E-state index in [1.165, 1.54) is 18.4 Å². The fourth-order valence-electron chi connectivity index (χ4n) is 1.80. The maximum atomic E-state index is 11.8. The average Bonchev–Trinajstić information content (AvgIpc) is 2.96. The van der Waals surface area contributed by atoms with E-state index in [9.17, 15) is 4.79 Å². The summed E-state index contributed by atoms with van der Waals surface area (Å²) in [6.07, 6.45) is 4.35. The van der Waals surface area contributed by atoms with Crippen LogP contribution in [0.25, 0.3) is 0 Å². The molecule has 0 radical (unpaired) electrons. The van der Waals surface area contributed by atoms with Gasteiger partial charge in [0.25, 0.3) is 0 Å². The Morgan fingerprint density at radius 1 is 1.50 bits per heavy atom. The summed E-state index contributed by atoms with van der Waals surface area (Å²) < 4.78 is 4.80. The van der Waals surface area contributed by atoms with Crippen molar-refractivity contribution in [1.82, 2.24) is 10.3 Å². The highest BCUT2D eigenvalue weighted by Gasteiger charge is 2.16. The van der Waals surface area contributed by atoms with Gasteiger partial charge >= 0.3 is 5.97 Å². The second-order valence-electron chi connectivity index (χ2n) is 4.47. The molecular weight excluding hydrogens is 318 g/mol. The molecule has 0 saturated heterocycles. The Morgan fingerprint density at radius 2 is 2.32 bits per heavy atom. The Kier molecular flexibility index (Phi) is 5.85. The largest absolute Gasteiger partial charge is 0.465 e. The molecule has 2 rings (SSSR count). The number of carbonyl (C=O) groups excluding carboxylic acids is 1. The molecule has 0 atom stereocenters. The summed E-state index contributed by atoms with van der Waals surface area (Å²) in [5, 5.41) is 7.32. The van der Waals surface area contributed by atoms with Gasteiger partial charge in [0.1, 0.15) is 5.00 Å². The summed E-state index contributed by atoms with van der Waals surface area (Å²) in [5.74, 6) is -0.367. The van der Waals surface area contributed by atoms with E-state index in [0.717, 1.165) is 16.9 Å². The Labute approximate surface area is 138 Å². The molecule has 116 valence electrons. The van der Waals surface area contributed by atoms with E-state index in [0.29, 0.717) is 22.2 Å². The lowest BCUT2D eigenvalue weighted by Crippen LogP contribution is -2.28. The zero-order valence-electron chi connectivity index (χ0n) is 12.4. The predicted octanol–water partition coefficient (Wildman–Crippen LogP) is 2.98. The number of carbonyl (C=O) groups is 1. The third-order valence-electron chi connectivity index (χ3n) is 2.94. The number of nitrogens with one attached hydrogen (secondary N) is 2. The highest BCUT2D eigenvalue weighted by atomic mass is 32.1. The number of ether oxygens (including phenoxy) is 1. The van der Waals surface area contributed by atoms with Gasteiger partial charge in [0, 0.05) is 23.8 Å². The van der Waals surface area contributed by atoms with Crippen LogP contribution in [0, 0.1) is 0 Å². The van der Waals surface area contributed by atoms with Crippen molar-refractivity contribution in [3.05, 3.63) is 46.6 Å². The molecule has 2 N–H and O–H groups in total. The van der Waals surface area contributed by atoms with Gasteiger partial charge in [0.15, 0.2) is 5.11 Å². The quantitative estimate of drug-likeness (QED) is 0.647. The smallest absolute Gasteiger partial charge is 0.340 e. The summed E-state index contributed by atoms with van der Waals surface area (Å²) in [6, 6.07) is 5.67. The molecule has 0 spiro atoms. The Morgan fingerprint density at radius 3 is 2.95 bits per heavy atom. The molecule has 0 unspecified atom stereocenters. The molecule has 0 amide bonds. The highest BCUT2D eigenvalue weighted by Crippen LogP contribution is 2.29. The molecule has 0 aliphatic heterocycles. The maximum Gasteiger partial charge on any atom is 0.340 e. The highest BCUT2D eigenvalue weighted by molar-refractivity contribution is 7.80. The lowest BCUT2D eigenvalue weighted by Gasteiger charge is -2.10. The predicted molar refractivity (Wildman–Crippen MR) is 92.3 cm³/mol. The first-order valence-electron chi connectivity index (χ1n) is 6.78. The molecular formula is C15H17N3O2S2. The first-order valence-corrected chi connectivity index (χ1v) is 8.01. The molecule has 0 aliphatic carbocycles. The van der Waals surface area contributed by atoms with E-state index >= 15 is 0 Å². The van der Waals surface area contributed by atoms with Crippen LogP contribution in [0.2, 0.25) is 0 Å². The first-order chi connectivity index (χ1) is 10.6. The Hall–Kier alpha value is -1.99. The van der Waals surface area contributed by atoms with Crippen LogP contribution in [-0.4, -0.2) is 23.2 Å². The number of hydrogen-bond acceptors (Lipinski definition) is 5. The van der Waals surface area contributed by atoms with Crippen LogP contribution in [0.1, 0.15) is 27.7 Å². The van der Waals surface area contributed by atoms with Gasteiger partial charge in [-0.25, -0.2) is 4.79 Å². The lowest BCUT2D eigenvalue weighted by molar-refractivity contribution is 0.0602. The fraction of sp³-hybridized carbons (Fsp3) is 0.267. The van der Waals surface area contributed by atoms with Crippen LogP contribution in [0.3, 0.4) is 0 Å². The molecule has 22 heavy (non-hydrogen) atoms. The second kappa shape index (κ2) is 7.86. The number of thiophene rings is 1. The SMILES string of the molecule is CCc1cc(C(=O)OC)c(NC(=S)NCc2cccnc2)s1. The van der Waals surface area contributed by atoms with E-state index in [4.69, 9.17) is 17.0 Å². The van der Waals surface area contributed by atoms with E-state index in [-0.39, 0.29) is 5.97 Å². The first kappa shape index (κ1) is 16.4. The number of thiocarbonyl (C=S) groups is 1. The third-order valence-corrected chi connectivity index (χ3v) is 4.38. The summed E-state index contributed by atoms with van der Waals surface area (Å²) in [4.78, 5) is 16.9. The van der Waals surface area contributed by atoms with Crippen molar-refractivity contribution in [1.29, 1.82) is 0 Å². The van der Waals surface area contributed by atoms with Crippen molar-refractivity contribution in [2.24, 2.45) is 0 Å². The number of aromatic nitrogens is 1. The summed E-state index contributed by atoms with van der Waals surface area (Å²) in [7, 11) is 1.37. The van der Waals surface area contributed by atoms with E-state index in [1.807, 2.05) is 25.1 Å². The van der Waals surface area contributed by atoms with Crippen LogP contribution in [0.15, 0.2) is 30.6 Å². The molecule has 7 heteroatoms. The minimum atomic E-state index is -0.367. The second-order valence-corrected chi connectivity index (χ2v) is 6.01. The van der Waals surface area contributed by atoms with Crippen LogP contribution in [0.4, 0.5) is 5.00 Å². The van der Waals surface area contributed by atoms with Gasteiger partial charge in [-0.1, -0.05) is 13.0 Å². The normalized spacial score (nSPS) is 10.1. The van der Waals surface area contributed by atoms with Crippen molar-refractivity contribution >= 4 is 39.6 Å². The molecule has 5 nitrogen and oxygen atoms in total. The van der Waals surface area contributed by atoms with Gasteiger partial charge in [-0.15, -0.1) is 11.3 Å². The number of esters is 1. The minimum Gasteiger partial charge on any atom is -0.465 e. The van der Waals surface area contributed by atoms with Crippen LogP contribution >= 0.6 is 23.6 Å². The molecule has 0 fully saturated rings. The average molecular weight is 335 g/mol. The number of nitrogens with zero attached hydrogens (tertiary/aromatic N) is 1. The number of aryl methyl sites for hydroxylation is 1. The van der Waals surface area contributed by atoms with Crippen molar-refractivity contribution in [2.75, 3.05) is 12.4 Å². The van der Waals surface area contributed by atoms with Crippen LogP contribution in [0.5, 0.6) is 0 Å². The summed E-state index contributed by atoms with van der Waals surface area (Å²) >= 11 is 6.78. The topological polar surface area (TPSA) is 63.2 Å². The monoisotopic (exact) mass is 335 g/mol. The Balaban J connectivity index is 2.01. The Bertz CT molecular complexity index is 656. The van der Waals surface area contributed by atoms with Crippen molar-refractivity contribution in [3.63, 3.8) is 0 Å². The van der Waals surface area contributed by atoms with E-state index in [1.54, 1.807) is 12.4 Å². The van der Waals surface area contributed by atoms with Gasteiger partial charge < -0.3 is 15.4 Å². The lowest BCUT2D eigenvalue weighted by atomic mass is 10.2. The number of hydrogen-bond donors (Lipinski definition) is 2. The number of anilines is 1. The van der Waals surface area contributed by atoms with E-state index < -0.39 is 0 Å². The molecule has 2 aromatic rings. The summed E-state index contributed by atoms with van der Waals surface area (Å²) in [5.41, 5.74) is 1.54.